The predicted molar refractivity (Wildman–Crippen MR) is 295 cm³/mol. The van der Waals surface area contributed by atoms with Gasteiger partial charge in [-0.15, -0.1) is 0 Å². The molecule has 0 amide bonds. The van der Waals surface area contributed by atoms with E-state index in [2.05, 4.69) is 225 Å². The van der Waals surface area contributed by atoms with Gasteiger partial charge in [0.2, 0.25) is 0 Å². The van der Waals surface area contributed by atoms with Gasteiger partial charge < -0.3 is 33.5 Å². The van der Waals surface area contributed by atoms with Crippen LogP contribution in [0.25, 0.3) is 0 Å². The molecule has 0 bridgehead atoms. The third kappa shape index (κ3) is 9.97. The largest absolute Gasteiger partial charge is 0.490 e. The highest BCUT2D eigenvalue weighted by Crippen LogP contribution is 2.50. The van der Waals surface area contributed by atoms with Gasteiger partial charge in [-0.2, -0.15) is 0 Å². The summed E-state index contributed by atoms with van der Waals surface area (Å²) in [6.07, 6.45) is -0.569. The molecule has 7 nitrogen and oxygen atoms in total. The zero-order chi connectivity index (χ0) is 51.6. The molecule has 0 aromatic heterocycles. The Morgan fingerprint density at radius 2 is 0.581 bits per heavy atom. The fraction of sp³-hybridized carbons (Fsp3) is 0.284. The van der Waals surface area contributed by atoms with E-state index >= 15 is 0 Å². The maximum atomic E-state index is 11.6. The minimum atomic E-state index is -0.899. The summed E-state index contributed by atoms with van der Waals surface area (Å²) in [6, 6.07) is 61.1. The molecule has 2 unspecified atom stereocenters. The van der Waals surface area contributed by atoms with E-state index in [9.17, 15) is 5.11 Å². The van der Waals surface area contributed by atoms with E-state index in [1.807, 2.05) is 0 Å². The van der Waals surface area contributed by atoms with Crippen LogP contribution in [-0.4, -0.2) is 63.1 Å². The lowest BCUT2D eigenvalue weighted by Gasteiger charge is -2.38. The predicted octanol–water partition coefficient (Wildman–Crippen LogP) is 13.3. The molecule has 8 aromatic carbocycles. The average molecular weight is 985 g/mol. The Hall–Kier alpha value is -7.16. The van der Waals surface area contributed by atoms with E-state index < -0.39 is 16.9 Å². The summed E-state index contributed by atoms with van der Waals surface area (Å²) < 4.78 is 36.7. The van der Waals surface area contributed by atoms with Gasteiger partial charge in [0.25, 0.3) is 0 Å². The van der Waals surface area contributed by atoms with E-state index in [4.69, 9.17) is 28.4 Å². The van der Waals surface area contributed by atoms with Crippen LogP contribution in [0, 0.1) is 55.4 Å². The fourth-order valence-corrected chi connectivity index (χ4v) is 11.4. The average Bonchev–Trinajstić information content (AvgIpc) is 4.35. The lowest BCUT2D eigenvalue weighted by molar-refractivity contribution is 0.0617. The molecule has 10 rings (SSSR count). The van der Waals surface area contributed by atoms with Crippen LogP contribution in [0.3, 0.4) is 0 Å². The first kappa shape index (κ1) is 50.4. The molecule has 2 atom stereocenters. The lowest BCUT2D eigenvalue weighted by Crippen LogP contribution is -2.32. The van der Waals surface area contributed by atoms with Crippen molar-refractivity contribution < 1.29 is 33.5 Å². The van der Waals surface area contributed by atoms with Crippen molar-refractivity contribution in [3.05, 3.63) is 259 Å². The van der Waals surface area contributed by atoms with Gasteiger partial charge in [0.05, 0.1) is 24.0 Å². The molecular formula is C67H68O7. The summed E-state index contributed by atoms with van der Waals surface area (Å²) in [7, 11) is 0. The van der Waals surface area contributed by atoms with Crippen molar-refractivity contribution >= 4 is 0 Å². The first-order valence-corrected chi connectivity index (χ1v) is 26.0. The second kappa shape index (κ2) is 21.4. The number of aryl methyl sites for hydroxylation is 8. The van der Waals surface area contributed by atoms with Gasteiger partial charge in [0, 0.05) is 0 Å². The SMILES string of the molecule is Cc1cc(C(c2ccccc2)(c2ccccc2)c2cc(C)c(OCC3CO3)c(C)c2)cc(C)c1OCC(O)COc1c(C)cc(C(c2ccccc2)(c2ccccc2)c2cc(C)c(OCC3CO3)c(C)c2)cc1C. The van der Waals surface area contributed by atoms with Crippen molar-refractivity contribution in [2.24, 2.45) is 0 Å². The first-order chi connectivity index (χ1) is 35.9. The Morgan fingerprint density at radius 3 is 0.797 bits per heavy atom. The molecule has 378 valence electrons. The Morgan fingerprint density at radius 1 is 0.365 bits per heavy atom. The zero-order valence-corrected chi connectivity index (χ0v) is 44.0. The summed E-state index contributed by atoms with van der Waals surface area (Å²) in [5.74, 6) is 3.31. The number of epoxide rings is 2. The maximum Gasteiger partial charge on any atom is 0.125 e. The standard InChI is InChI=1S/C67H68O7/c1-43-29-55(66(51-21-13-9-14-22-51,52-23-15-10-16-24-52)57-33-47(5)64(48(6)34-57)73-41-60-39-69-60)30-44(2)62(43)71-37-59(68)38-72-63-45(3)31-56(32-46(63)4)67(53-25-17-11-18-26-53,54-27-19-12-20-28-54)58-35-49(7)65(50(8)36-58)74-42-61-40-70-61/h9-36,59-61,68H,37-42H2,1-8H3. The number of benzene rings is 8. The van der Waals surface area contributed by atoms with Crippen LogP contribution in [0.1, 0.15) is 89.0 Å². The number of aliphatic hydroxyl groups excluding tert-OH is 1. The number of rotatable bonds is 20. The van der Waals surface area contributed by atoms with Crippen LogP contribution in [-0.2, 0) is 20.3 Å². The first-order valence-electron chi connectivity index (χ1n) is 26.0. The van der Waals surface area contributed by atoms with Crippen LogP contribution in [0.5, 0.6) is 23.0 Å². The molecular weight excluding hydrogens is 917 g/mol. The van der Waals surface area contributed by atoms with Gasteiger partial charge in [0.1, 0.15) is 67.7 Å². The van der Waals surface area contributed by atoms with Crippen LogP contribution in [0.15, 0.2) is 170 Å². The molecule has 0 saturated carbocycles. The lowest BCUT2D eigenvalue weighted by atomic mass is 9.64. The second-order valence-electron chi connectivity index (χ2n) is 20.5. The molecule has 2 aliphatic heterocycles. The van der Waals surface area contributed by atoms with Gasteiger partial charge in [0.15, 0.2) is 0 Å². The molecule has 0 spiro atoms. The van der Waals surface area contributed by atoms with Crippen molar-refractivity contribution in [3.8, 4) is 23.0 Å². The zero-order valence-electron chi connectivity index (χ0n) is 44.0. The number of hydrogen-bond acceptors (Lipinski definition) is 7. The number of aliphatic hydroxyl groups is 1. The molecule has 2 fully saturated rings. The second-order valence-corrected chi connectivity index (χ2v) is 20.5. The molecule has 7 heteroatoms. The van der Waals surface area contributed by atoms with E-state index in [-0.39, 0.29) is 25.4 Å². The molecule has 2 saturated heterocycles. The minimum Gasteiger partial charge on any atom is -0.490 e. The van der Waals surface area contributed by atoms with Gasteiger partial charge >= 0.3 is 0 Å². The van der Waals surface area contributed by atoms with Gasteiger partial charge in [-0.05, 0) is 144 Å². The molecule has 2 heterocycles. The Labute approximate surface area is 437 Å². The summed E-state index contributed by atoms with van der Waals surface area (Å²) in [5, 5.41) is 11.6. The summed E-state index contributed by atoms with van der Waals surface area (Å²) in [6.45, 7) is 19.6. The van der Waals surface area contributed by atoms with Gasteiger partial charge in [-0.1, -0.05) is 170 Å². The molecule has 0 radical (unpaired) electrons. The normalized spacial score (nSPS) is 15.6. The van der Waals surface area contributed by atoms with Crippen molar-refractivity contribution in [1.82, 2.24) is 0 Å². The molecule has 74 heavy (non-hydrogen) atoms. The number of hydrogen-bond donors (Lipinski definition) is 1. The van der Waals surface area contributed by atoms with E-state index in [0.29, 0.717) is 13.2 Å². The highest BCUT2D eigenvalue weighted by molar-refractivity contribution is 5.66. The summed E-state index contributed by atoms with van der Waals surface area (Å²) in [5.41, 5.74) is 16.0. The van der Waals surface area contributed by atoms with Crippen molar-refractivity contribution in [1.29, 1.82) is 0 Å². The topological polar surface area (TPSA) is 82.2 Å². The van der Waals surface area contributed by atoms with Crippen LogP contribution in [0.4, 0.5) is 0 Å². The molecule has 0 aliphatic carbocycles. The third-order valence-corrected chi connectivity index (χ3v) is 14.9. The third-order valence-electron chi connectivity index (χ3n) is 14.9. The summed E-state index contributed by atoms with van der Waals surface area (Å²) >= 11 is 0. The van der Waals surface area contributed by atoms with E-state index in [1.165, 1.54) is 0 Å². The van der Waals surface area contributed by atoms with Crippen LogP contribution < -0.4 is 18.9 Å². The Balaban J connectivity index is 0.933. The fourth-order valence-electron chi connectivity index (χ4n) is 11.4. The summed E-state index contributed by atoms with van der Waals surface area (Å²) in [4.78, 5) is 0. The van der Waals surface area contributed by atoms with Crippen molar-refractivity contribution in [2.45, 2.75) is 84.5 Å². The maximum absolute atomic E-state index is 11.6. The highest BCUT2D eigenvalue weighted by Gasteiger charge is 2.42. The minimum absolute atomic E-state index is 0.0582. The van der Waals surface area contributed by atoms with Crippen LogP contribution in [0.2, 0.25) is 0 Å². The van der Waals surface area contributed by atoms with Gasteiger partial charge in [-0.25, -0.2) is 0 Å². The Bertz CT molecular complexity index is 2840. The quantitative estimate of drug-likeness (QED) is 0.0602. The highest BCUT2D eigenvalue weighted by atomic mass is 16.6. The van der Waals surface area contributed by atoms with E-state index in [1.54, 1.807) is 0 Å². The molecule has 8 aromatic rings. The monoisotopic (exact) mass is 984 g/mol. The van der Waals surface area contributed by atoms with Crippen molar-refractivity contribution in [3.63, 3.8) is 0 Å². The van der Waals surface area contributed by atoms with Crippen LogP contribution >= 0.6 is 0 Å². The van der Waals surface area contributed by atoms with Gasteiger partial charge in [-0.3, -0.25) is 0 Å². The Kier molecular flexibility index (Phi) is 14.5. The molecule has 2 aliphatic rings. The van der Waals surface area contributed by atoms with Crippen molar-refractivity contribution in [2.75, 3.05) is 39.6 Å². The smallest absolute Gasteiger partial charge is 0.125 e. The number of ether oxygens (including phenoxy) is 6. The van der Waals surface area contributed by atoms with E-state index in [0.717, 1.165) is 125 Å². The molecule has 1 N–H and O–H groups in total.